The Morgan fingerprint density at radius 2 is 1.69 bits per heavy atom. The molecule has 35 heavy (non-hydrogen) atoms. The average Bonchev–Trinajstić information content (AvgIpc) is 3.63. The molecule has 0 radical (unpaired) electrons. The van der Waals surface area contributed by atoms with Crippen molar-refractivity contribution in [3.05, 3.63) is 71.3 Å². The lowest BCUT2D eigenvalue weighted by atomic mass is 9.67. The van der Waals surface area contributed by atoms with E-state index < -0.39 is 11.4 Å². The van der Waals surface area contributed by atoms with Gasteiger partial charge in [-0.3, -0.25) is 4.79 Å². The van der Waals surface area contributed by atoms with Gasteiger partial charge in [0.15, 0.2) is 0 Å². The summed E-state index contributed by atoms with van der Waals surface area (Å²) in [6, 6.07) is 21.9. The molecule has 1 aliphatic heterocycles. The van der Waals surface area contributed by atoms with Gasteiger partial charge in [-0.05, 0) is 98.4 Å². The molecule has 1 unspecified atom stereocenters. The molecule has 4 nitrogen and oxygen atoms in total. The number of nitriles is 1. The number of likely N-dealkylation sites (tertiary alicyclic amines) is 1. The Kier molecular flexibility index (Phi) is 6.98. The largest absolute Gasteiger partial charge is 0.481 e. The number of carboxylic acid groups (broad SMARTS) is 1. The van der Waals surface area contributed by atoms with Gasteiger partial charge in [0, 0.05) is 6.54 Å². The van der Waals surface area contributed by atoms with Crippen LogP contribution >= 0.6 is 0 Å². The molecule has 3 aliphatic rings. The minimum Gasteiger partial charge on any atom is -0.481 e. The lowest BCUT2D eigenvalue weighted by Crippen LogP contribution is -2.51. The molecule has 2 saturated carbocycles. The number of nitrogens with zero attached hydrogens (tertiary/aromatic N) is 2. The fourth-order valence-corrected chi connectivity index (χ4v) is 6.64. The van der Waals surface area contributed by atoms with Crippen LogP contribution in [-0.2, 0) is 17.6 Å². The smallest absolute Gasteiger partial charge is 0.310 e. The van der Waals surface area contributed by atoms with Crippen molar-refractivity contribution in [2.24, 2.45) is 16.7 Å². The van der Waals surface area contributed by atoms with Crippen LogP contribution < -0.4 is 0 Å². The van der Waals surface area contributed by atoms with E-state index in [0.717, 1.165) is 75.6 Å². The van der Waals surface area contributed by atoms with E-state index in [4.69, 9.17) is 5.26 Å². The zero-order valence-electron chi connectivity index (χ0n) is 20.8. The molecule has 2 aromatic rings. The fraction of sp³-hybridized carbons (Fsp3) is 0.548. The molecule has 2 atom stereocenters. The quantitative estimate of drug-likeness (QED) is 0.448. The van der Waals surface area contributed by atoms with Crippen LogP contribution in [-0.4, -0.2) is 35.6 Å². The summed E-state index contributed by atoms with van der Waals surface area (Å²) in [5.74, 6) is 0.932. The predicted octanol–water partition coefficient (Wildman–Crippen LogP) is 6.22. The highest BCUT2D eigenvalue weighted by atomic mass is 16.4. The van der Waals surface area contributed by atoms with Gasteiger partial charge in [0.2, 0.25) is 0 Å². The minimum atomic E-state index is -0.598. The summed E-state index contributed by atoms with van der Waals surface area (Å²) in [6.07, 6.45) is 10.4. The highest BCUT2D eigenvalue weighted by molar-refractivity contribution is 5.76. The Morgan fingerprint density at radius 3 is 2.29 bits per heavy atom. The van der Waals surface area contributed by atoms with Crippen LogP contribution in [0, 0.1) is 28.1 Å². The van der Waals surface area contributed by atoms with Gasteiger partial charge in [-0.15, -0.1) is 0 Å². The van der Waals surface area contributed by atoms with Crippen LogP contribution in [0.2, 0.25) is 0 Å². The number of rotatable bonds is 10. The van der Waals surface area contributed by atoms with Crippen molar-refractivity contribution in [2.45, 2.75) is 70.1 Å². The van der Waals surface area contributed by atoms with E-state index >= 15 is 0 Å². The van der Waals surface area contributed by atoms with Crippen molar-refractivity contribution >= 4 is 5.97 Å². The molecule has 4 heteroatoms. The first kappa shape index (κ1) is 24.1. The molecule has 2 aliphatic carbocycles. The van der Waals surface area contributed by atoms with Gasteiger partial charge in [0.25, 0.3) is 0 Å². The second-order valence-electron chi connectivity index (χ2n) is 11.6. The molecule has 1 saturated heterocycles. The number of carboxylic acids is 1. The molecule has 1 N–H and O–H groups in total. The Bertz CT molecular complexity index is 1040. The van der Waals surface area contributed by atoms with Gasteiger partial charge >= 0.3 is 5.97 Å². The van der Waals surface area contributed by atoms with Crippen LogP contribution in [0.25, 0.3) is 0 Å². The van der Waals surface area contributed by atoms with E-state index in [2.05, 4.69) is 65.6 Å². The average molecular weight is 471 g/mol. The summed E-state index contributed by atoms with van der Waals surface area (Å²) in [6.45, 7) is 2.74. The maximum atomic E-state index is 11.9. The molecule has 5 rings (SSSR count). The van der Waals surface area contributed by atoms with Crippen LogP contribution in [0.3, 0.4) is 0 Å². The summed E-state index contributed by atoms with van der Waals surface area (Å²) in [4.78, 5) is 14.3. The fourth-order valence-electron chi connectivity index (χ4n) is 6.64. The number of hydrogen-bond acceptors (Lipinski definition) is 3. The molecule has 0 spiro atoms. The van der Waals surface area contributed by atoms with Crippen molar-refractivity contribution in [2.75, 3.05) is 19.6 Å². The normalized spacial score (nSPS) is 24.8. The Labute approximate surface area is 210 Å². The Morgan fingerprint density at radius 1 is 1.00 bits per heavy atom. The van der Waals surface area contributed by atoms with E-state index in [0.29, 0.717) is 6.42 Å². The first-order chi connectivity index (χ1) is 17.0. The molecule has 184 valence electrons. The predicted molar refractivity (Wildman–Crippen MR) is 138 cm³/mol. The number of benzene rings is 2. The monoisotopic (exact) mass is 470 g/mol. The van der Waals surface area contributed by atoms with Crippen LogP contribution in [0.15, 0.2) is 54.6 Å². The zero-order chi connectivity index (χ0) is 24.3. The molecule has 0 amide bonds. The first-order valence-corrected chi connectivity index (χ1v) is 13.5. The van der Waals surface area contributed by atoms with Crippen molar-refractivity contribution in [3.8, 4) is 6.07 Å². The van der Waals surface area contributed by atoms with Crippen LogP contribution in [0.4, 0.5) is 0 Å². The van der Waals surface area contributed by atoms with E-state index in [1.807, 2.05) is 0 Å². The van der Waals surface area contributed by atoms with Crippen molar-refractivity contribution in [1.29, 1.82) is 5.26 Å². The van der Waals surface area contributed by atoms with E-state index in [1.165, 1.54) is 30.4 Å². The molecule has 3 fully saturated rings. The van der Waals surface area contributed by atoms with Crippen LogP contribution in [0.5, 0.6) is 0 Å². The Hall–Kier alpha value is -2.64. The third-order valence-electron chi connectivity index (χ3n) is 9.29. The standard InChI is InChI=1S/C31H38N2O2/c32-18-12-24-7-9-25(10-8-24)22-30(15-11-27-21-28(27)26-5-2-1-3-6-26)16-19-33(20-17-30)23-31(29(34)35)13-4-14-31/h1-3,5-10,27-28H,4,11-17,19-23H2,(H,34,35)/t27-,28?/m1/s1. The second kappa shape index (κ2) is 10.2. The number of hydrogen-bond donors (Lipinski definition) is 1. The maximum absolute atomic E-state index is 11.9. The van der Waals surface area contributed by atoms with Crippen LogP contribution in [0.1, 0.15) is 74.0 Å². The molecule has 2 aromatic carbocycles. The summed E-state index contributed by atoms with van der Waals surface area (Å²) in [5, 5.41) is 18.8. The number of aliphatic carboxylic acids is 1. The minimum absolute atomic E-state index is 0.285. The second-order valence-corrected chi connectivity index (χ2v) is 11.6. The van der Waals surface area contributed by atoms with Crippen molar-refractivity contribution < 1.29 is 9.90 Å². The molecule has 1 heterocycles. The lowest BCUT2D eigenvalue weighted by molar-refractivity contribution is -0.156. The highest BCUT2D eigenvalue weighted by Gasteiger charge is 2.47. The van der Waals surface area contributed by atoms with Gasteiger partial charge < -0.3 is 10.0 Å². The van der Waals surface area contributed by atoms with Gasteiger partial charge in [-0.1, -0.05) is 61.0 Å². The SMILES string of the molecule is N#CCc1ccc(CC2(CC[C@@H]3CC3c3ccccc3)CCN(CC3(C(=O)O)CCC3)CC2)cc1. The number of piperidine rings is 1. The lowest BCUT2D eigenvalue weighted by Gasteiger charge is -2.47. The summed E-state index contributed by atoms with van der Waals surface area (Å²) >= 11 is 0. The van der Waals surface area contributed by atoms with Crippen molar-refractivity contribution in [1.82, 2.24) is 4.90 Å². The van der Waals surface area contributed by atoms with Gasteiger partial charge in [-0.2, -0.15) is 5.26 Å². The van der Waals surface area contributed by atoms with Gasteiger partial charge in [0.1, 0.15) is 0 Å². The molecular formula is C31H38N2O2. The molecular weight excluding hydrogens is 432 g/mol. The topological polar surface area (TPSA) is 64.3 Å². The summed E-state index contributed by atoms with van der Waals surface area (Å²) < 4.78 is 0. The highest BCUT2D eigenvalue weighted by Crippen LogP contribution is 2.53. The summed E-state index contributed by atoms with van der Waals surface area (Å²) in [5.41, 5.74) is 3.74. The van der Waals surface area contributed by atoms with E-state index in [9.17, 15) is 9.90 Å². The Balaban J connectivity index is 1.24. The number of carbonyl (C=O) groups is 1. The maximum Gasteiger partial charge on any atom is 0.310 e. The van der Waals surface area contributed by atoms with E-state index in [1.54, 1.807) is 0 Å². The van der Waals surface area contributed by atoms with Crippen molar-refractivity contribution in [3.63, 3.8) is 0 Å². The molecule has 0 aromatic heterocycles. The van der Waals surface area contributed by atoms with E-state index in [-0.39, 0.29) is 5.41 Å². The first-order valence-electron chi connectivity index (χ1n) is 13.5. The zero-order valence-corrected chi connectivity index (χ0v) is 20.8. The third kappa shape index (κ3) is 5.46. The third-order valence-corrected chi connectivity index (χ3v) is 9.29. The molecule has 0 bridgehead atoms. The van der Waals surface area contributed by atoms with Gasteiger partial charge in [0.05, 0.1) is 17.9 Å². The summed E-state index contributed by atoms with van der Waals surface area (Å²) in [7, 11) is 0. The van der Waals surface area contributed by atoms with Gasteiger partial charge in [-0.25, -0.2) is 0 Å².